The highest BCUT2D eigenvalue weighted by atomic mass is 16.2. The van der Waals surface area contributed by atoms with Gasteiger partial charge in [-0.15, -0.1) is 0 Å². The zero-order valence-corrected chi connectivity index (χ0v) is 14.7. The molecule has 1 aromatic rings. The van der Waals surface area contributed by atoms with Crippen molar-refractivity contribution in [3.05, 3.63) is 35.4 Å². The molecule has 0 spiro atoms. The Kier molecular flexibility index (Phi) is 4.75. The lowest BCUT2D eigenvalue weighted by Gasteiger charge is -2.21. The summed E-state index contributed by atoms with van der Waals surface area (Å²) in [5.41, 5.74) is 1.87. The lowest BCUT2D eigenvalue weighted by Crippen LogP contribution is -2.32. The molecule has 3 saturated heterocycles. The molecule has 5 nitrogen and oxygen atoms in total. The van der Waals surface area contributed by atoms with E-state index in [4.69, 9.17) is 0 Å². The van der Waals surface area contributed by atoms with Gasteiger partial charge in [-0.1, -0.05) is 12.1 Å². The molecule has 0 radical (unpaired) electrons. The fraction of sp³-hybridized carbons (Fsp3) is 0.600. The maximum atomic E-state index is 12.8. The first-order valence-electron chi connectivity index (χ1n) is 9.57. The van der Waals surface area contributed by atoms with Crippen molar-refractivity contribution in [2.75, 3.05) is 32.7 Å². The fourth-order valence-electron chi connectivity index (χ4n) is 4.45. The summed E-state index contributed by atoms with van der Waals surface area (Å²) in [6.07, 6.45) is 3.85. The second-order valence-electron chi connectivity index (χ2n) is 7.66. The van der Waals surface area contributed by atoms with Crippen LogP contribution in [0.4, 0.5) is 0 Å². The molecule has 5 heteroatoms. The van der Waals surface area contributed by atoms with Crippen molar-refractivity contribution >= 4 is 11.8 Å². The maximum Gasteiger partial charge on any atom is 0.253 e. The molecule has 3 aliphatic rings. The van der Waals surface area contributed by atoms with Crippen LogP contribution in [0.15, 0.2) is 24.3 Å². The van der Waals surface area contributed by atoms with Gasteiger partial charge in [0.15, 0.2) is 0 Å². The number of carbonyl (C=O) groups excluding carboxylic acids is 2. The number of rotatable bonds is 3. The van der Waals surface area contributed by atoms with Crippen LogP contribution in [0.3, 0.4) is 0 Å². The monoisotopic (exact) mass is 341 g/mol. The van der Waals surface area contributed by atoms with Crippen molar-refractivity contribution in [1.29, 1.82) is 0 Å². The van der Waals surface area contributed by atoms with Gasteiger partial charge in [-0.2, -0.15) is 0 Å². The van der Waals surface area contributed by atoms with E-state index in [1.807, 2.05) is 34.1 Å². The number of nitrogens with zero attached hydrogens (tertiary/aromatic N) is 2. The molecule has 3 fully saturated rings. The average Bonchev–Trinajstić information content (AvgIpc) is 3.19. The summed E-state index contributed by atoms with van der Waals surface area (Å²) in [6.45, 7) is 5.46. The number of amides is 2. The molecule has 1 aromatic carbocycles. The molecule has 0 aliphatic carbocycles. The third-order valence-corrected chi connectivity index (χ3v) is 6.05. The predicted octanol–water partition coefficient (Wildman–Crippen LogP) is 1.88. The minimum Gasteiger partial charge on any atom is -0.339 e. The Morgan fingerprint density at radius 3 is 2.32 bits per heavy atom. The molecule has 3 aliphatic heterocycles. The second kappa shape index (κ2) is 7.16. The third kappa shape index (κ3) is 3.56. The number of benzene rings is 1. The molecule has 4 rings (SSSR count). The molecule has 25 heavy (non-hydrogen) atoms. The van der Waals surface area contributed by atoms with Crippen molar-refractivity contribution in [2.24, 2.45) is 11.8 Å². The highest BCUT2D eigenvalue weighted by molar-refractivity contribution is 5.94. The van der Waals surface area contributed by atoms with E-state index in [9.17, 15) is 9.59 Å². The lowest BCUT2D eigenvalue weighted by molar-refractivity contribution is -0.128. The smallest absolute Gasteiger partial charge is 0.253 e. The molecular formula is C20H27N3O2. The number of likely N-dealkylation sites (tertiary alicyclic amines) is 2. The van der Waals surface area contributed by atoms with Gasteiger partial charge in [-0.25, -0.2) is 0 Å². The molecule has 0 aromatic heterocycles. The van der Waals surface area contributed by atoms with Crippen molar-refractivity contribution in [1.82, 2.24) is 15.1 Å². The van der Waals surface area contributed by atoms with Gasteiger partial charge in [0.1, 0.15) is 0 Å². The number of nitrogens with one attached hydrogen (secondary N) is 1. The largest absolute Gasteiger partial charge is 0.339 e. The van der Waals surface area contributed by atoms with Crippen LogP contribution >= 0.6 is 0 Å². The molecule has 0 unspecified atom stereocenters. The van der Waals surface area contributed by atoms with Crippen molar-refractivity contribution in [2.45, 2.75) is 32.2 Å². The zero-order valence-electron chi connectivity index (χ0n) is 14.7. The normalized spacial score (nSPS) is 26.6. The van der Waals surface area contributed by atoms with E-state index >= 15 is 0 Å². The summed E-state index contributed by atoms with van der Waals surface area (Å²) in [5, 5.41) is 3.48. The summed E-state index contributed by atoms with van der Waals surface area (Å²) in [4.78, 5) is 28.5. The van der Waals surface area contributed by atoms with E-state index in [0.29, 0.717) is 13.0 Å². The van der Waals surface area contributed by atoms with Crippen LogP contribution in [-0.2, 0) is 11.3 Å². The molecule has 2 amide bonds. The quantitative estimate of drug-likeness (QED) is 0.913. The summed E-state index contributed by atoms with van der Waals surface area (Å²) in [5.74, 6) is 1.86. The molecule has 0 bridgehead atoms. The predicted molar refractivity (Wildman–Crippen MR) is 96.1 cm³/mol. The van der Waals surface area contributed by atoms with Crippen LogP contribution in [0.1, 0.15) is 41.6 Å². The highest BCUT2D eigenvalue weighted by Gasteiger charge is 2.31. The Morgan fingerprint density at radius 2 is 1.72 bits per heavy atom. The van der Waals surface area contributed by atoms with Crippen LogP contribution in [-0.4, -0.2) is 54.3 Å². The second-order valence-corrected chi connectivity index (χ2v) is 7.66. The lowest BCUT2D eigenvalue weighted by atomic mass is 9.92. The standard InChI is InChI=1S/C20H27N3O2/c24-19-2-1-9-23(19)14-15-3-5-16(6-4-15)20(25)22-10-7-17-12-21-13-18(17)8-11-22/h3-6,17-18,21H,1-2,7-14H2/t17-,18+. The van der Waals surface area contributed by atoms with E-state index in [0.717, 1.165) is 74.9 Å². The highest BCUT2D eigenvalue weighted by Crippen LogP contribution is 2.27. The first-order valence-corrected chi connectivity index (χ1v) is 9.57. The van der Waals surface area contributed by atoms with E-state index < -0.39 is 0 Å². The summed E-state index contributed by atoms with van der Waals surface area (Å²) in [6, 6.07) is 7.83. The third-order valence-electron chi connectivity index (χ3n) is 6.05. The van der Waals surface area contributed by atoms with Gasteiger partial charge in [-0.3, -0.25) is 9.59 Å². The Labute approximate surface area is 149 Å². The van der Waals surface area contributed by atoms with Gasteiger partial charge in [0.2, 0.25) is 5.91 Å². The minimum absolute atomic E-state index is 0.150. The molecule has 0 saturated carbocycles. The Morgan fingerprint density at radius 1 is 1.04 bits per heavy atom. The summed E-state index contributed by atoms with van der Waals surface area (Å²) < 4.78 is 0. The van der Waals surface area contributed by atoms with E-state index in [2.05, 4.69) is 5.32 Å². The number of carbonyl (C=O) groups is 2. The van der Waals surface area contributed by atoms with Gasteiger partial charge < -0.3 is 15.1 Å². The summed E-state index contributed by atoms with van der Waals surface area (Å²) >= 11 is 0. The van der Waals surface area contributed by atoms with E-state index in [-0.39, 0.29) is 11.8 Å². The minimum atomic E-state index is 0.150. The van der Waals surface area contributed by atoms with Crippen LogP contribution in [0, 0.1) is 11.8 Å². The van der Waals surface area contributed by atoms with Gasteiger partial charge in [0.25, 0.3) is 5.91 Å². The van der Waals surface area contributed by atoms with E-state index in [1.54, 1.807) is 0 Å². The maximum absolute atomic E-state index is 12.8. The number of hydrogen-bond donors (Lipinski definition) is 1. The Balaban J connectivity index is 1.37. The fourth-order valence-corrected chi connectivity index (χ4v) is 4.45. The van der Waals surface area contributed by atoms with Crippen LogP contribution in [0.5, 0.6) is 0 Å². The van der Waals surface area contributed by atoms with Crippen LogP contribution in [0.25, 0.3) is 0 Å². The first kappa shape index (κ1) is 16.6. The van der Waals surface area contributed by atoms with E-state index in [1.165, 1.54) is 0 Å². The van der Waals surface area contributed by atoms with Crippen molar-refractivity contribution < 1.29 is 9.59 Å². The van der Waals surface area contributed by atoms with Gasteiger partial charge >= 0.3 is 0 Å². The number of hydrogen-bond acceptors (Lipinski definition) is 3. The molecule has 3 heterocycles. The number of fused-ring (bicyclic) bond motifs is 1. The SMILES string of the molecule is O=C1CCCN1Cc1ccc(C(=O)N2CC[C@@H]3CNC[C@@H]3CC2)cc1. The molecule has 1 N–H and O–H groups in total. The van der Waals surface area contributed by atoms with Gasteiger partial charge in [-0.05, 0) is 61.9 Å². The van der Waals surface area contributed by atoms with Gasteiger partial charge in [0.05, 0.1) is 0 Å². The molecule has 2 atom stereocenters. The molecular weight excluding hydrogens is 314 g/mol. The van der Waals surface area contributed by atoms with Gasteiger partial charge in [0, 0.05) is 38.2 Å². The first-order chi connectivity index (χ1) is 12.2. The van der Waals surface area contributed by atoms with Crippen LogP contribution in [0.2, 0.25) is 0 Å². The topological polar surface area (TPSA) is 52.7 Å². The van der Waals surface area contributed by atoms with Crippen molar-refractivity contribution in [3.63, 3.8) is 0 Å². The average molecular weight is 341 g/mol. The zero-order chi connectivity index (χ0) is 17.2. The van der Waals surface area contributed by atoms with Crippen LogP contribution < -0.4 is 5.32 Å². The summed E-state index contributed by atoms with van der Waals surface area (Å²) in [7, 11) is 0. The van der Waals surface area contributed by atoms with Crippen molar-refractivity contribution in [3.8, 4) is 0 Å². The Bertz CT molecular complexity index is 629. The Hall–Kier alpha value is -1.88. The molecule has 134 valence electrons.